The highest BCUT2D eigenvalue weighted by molar-refractivity contribution is 5.70. The van der Waals surface area contributed by atoms with Gasteiger partial charge in [-0.05, 0) is 64.2 Å². The molecule has 0 radical (unpaired) electrons. The number of nitrogens with one attached hydrogen (secondary N) is 1. The van der Waals surface area contributed by atoms with Gasteiger partial charge in [-0.25, -0.2) is 4.79 Å². The minimum absolute atomic E-state index is 0.180. The molecule has 0 aliphatic heterocycles. The van der Waals surface area contributed by atoms with Gasteiger partial charge in [0, 0.05) is 25.9 Å². The van der Waals surface area contributed by atoms with Crippen LogP contribution in [0.25, 0.3) is 0 Å². The van der Waals surface area contributed by atoms with Crippen molar-refractivity contribution >= 4 is 18.0 Å². The first-order chi connectivity index (χ1) is 29.0. The summed E-state index contributed by atoms with van der Waals surface area (Å²) in [5.41, 5.74) is 5.38. The largest absolute Gasteiger partial charge is 0.462 e. The van der Waals surface area contributed by atoms with Crippen LogP contribution in [0.5, 0.6) is 0 Å². The van der Waals surface area contributed by atoms with Gasteiger partial charge in [-0.3, -0.25) is 9.59 Å². The molecule has 59 heavy (non-hydrogen) atoms. The Balaban J connectivity index is 4.34. The monoisotopic (exact) mass is 839 g/mol. The quantitative estimate of drug-likeness (QED) is 0.0263. The number of nitrogens with two attached hydrogens (primary N) is 1. The molecule has 0 spiro atoms. The van der Waals surface area contributed by atoms with E-state index >= 15 is 0 Å². The number of unbranched alkanes of at least 4 members (excludes halogenated alkanes) is 22. The van der Waals surface area contributed by atoms with Gasteiger partial charge in [0.25, 0.3) is 0 Å². The van der Waals surface area contributed by atoms with E-state index in [0.717, 1.165) is 64.2 Å². The van der Waals surface area contributed by atoms with Gasteiger partial charge in [0.15, 0.2) is 6.10 Å². The van der Waals surface area contributed by atoms with Crippen molar-refractivity contribution < 1.29 is 42.8 Å². The number of rotatable bonds is 46. The van der Waals surface area contributed by atoms with Crippen molar-refractivity contribution in [1.29, 1.82) is 0 Å². The molecule has 0 saturated heterocycles. The first-order valence-electron chi connectivity index (χ1n) is 24.0. The van der Waals surface area contributed by atoms with Gasteiger partial charge >= 0.3 is 18.0 Å². The highest BCUT2D eigenvalue weighted by Gasteiger charge is 2.19. The van der Waals surface area contributed by atoms with Gasteiger partial charge in [0.1, 0.15) is 13.2 Å². The molecule has 11 nitrogen and oxygen atoms in total. The summed E-state index contributed by atoms with van der Waals surface area (Å²) in [6.07, 6.45) is 39.1. The van der Waals surface area contributed by atoms with Gasteiger partial charge in [-0.1, -0.05) is 141 Å². The lowest BCUT2D eigenvalue weighted by molar-refractivity contribution is -0.152. The van der Waals surface area contributed by atoms with Crippen molar-refractivity contribution in [3.8, 4) is 0 Å². The Morgan fingerprint density at radius 2 is 0.831 bits per heavy atom. The number of carbonyl (C=O) groups excluding carboxylic acids is 3. The van der Waals surface area contributed by atoms with Gasteiger partial charge in [-0.2, -0.15) is 0 Å². The molecule has 0 unspecified atom stereocenters. The maximum absolute atomic E-state index is 12.5. The van der Waals surface area contributed by atoms with E-state index in [4.69, 9.17) is 34.2 Å². The highest BCUT2D eigenvalue weighted by atomic mass is 16.6. The third-order valence-electron chi connectivity index (χ3n) is 9.94. The second-order valence-electron chi connectivity index (χ2n) is 15.6. The number of hydrogen-bond donors (Lipinski definition) is 2. The molecule has 0 atom stereocenters. The minimum Gasteiger partial charge on any atom is -0.462 e. The number of ether oxygens (including phenoxy) is 6. The van der Waals surface area contributed by atoms with Crippen molar-refractivity contribution in [2.45, 2.75) is 200 Å². The standard InChI is InChI=1S/C48H90N2O9/c1-3-5-7-9-11-13-15-17-19-21-23-25-27-29-31-33-46(51)57-43-45(59-48(53)50-36-38-55-40-42-56-41-39-54-37-35-49)44-58-47(52)34-32-30-28-26-24-22-20-18-16-14-12-10-8-6-4-2/h17-20,45H,3-16,21-44,49H2,1-2H3,(H,50,53)/b19-17-,20-18-. The van der Waals surface area contributed by atoms with E-state index < -0.39 is 12.2 Å². The number of hydrogen-bond acceptors (Lipinski definition) is 10. The molecular formula is C48H90N2O9. The summed E-state index contributed by atoms with van der Waals surface area (Å²) in [7, 11) is 0. The number of allylic oxidation sites excluding steroid dienone is 4. The molecule has 3 N–H and O–H groups in total. The number of amides is 1. The Kier molecular flexibility index (Phi) is 46.2. The Morgan fingerprint density at radius 1 is 0.475 bits per heavy atom. The van der Waals surface area contributed by atoms with Crippen LogP contribution in [-0.4, -0.2) is 90.1 Å². The van der Waals surface area contributed by atoms with Crippen molar-refractivity contribution in [2.75, 3.05) is 65.9 Å². The van der Waals surface area contributed by atoms with E-state index in [1.807, 2.05) is 0 Å². The predicted octanol–water partition coefficient (Wildman–Crippen LogP) is 11.3. The average Bonchev–Trinajstić information content (AvgIpc) is 3.23. The lowest BCUT2D eigenvalue weighted by atomic mass is 10.1. The van der Waals surface area contributed by atoms with Crippen LogP contribution in [-0.2, 0) is 38.0 Å². The first-order valence-corrected chi connectivity index (χ1v) is 24.0. The Labute approximate surface area is 361 Å². The molecule has 0 aliphatic rings. The summed E-state index contributed by atoms with van der Waals surface area (Å²) in [5, 5.41) is 2.63. The zero-order valence-electron chi connectivity index (χ0n) is 38.0. The molecule has 0 heterocycles. The zero-order chi connectivity index (χ0) is 43.0. The predicted molar refractivity (Wildman–Crippen MR) is 241 cm³/mol. The topological polar surface area (TPSA) is 145 Å². The molecule has 0 aromatic heterocycles. The maximum atomic E-state index is 12.5. The molecule has 0 bridgehead atoms. The van der Waals surface area contributed by atoms with E-state index in [9.17, 15) is 14.4 Å². The zero-order valence-corrected chi connectivity index (χ0v) is 38.0. The van der Waals surface area contributed by atoms with E-state index in [1.54, 1.807) is 0 Å². The fourth-order valence-corrected chi connectivity index (χ4v) is 6.36. The fourth-order valence-electron chi connectivity index (χ4n) is 6.36. The van der Waals surface area contributed by atoms with Crippen LogP contribution in [0.2, 0.25) is 0 Å². The van der Waals surface area contributed by atoms with E-state index in [0.29, 0.717) is 52.4 Å². The lowest BCUT2D eigenvalue weighted by Gasteiger charge is -2.18. The third kappa shape index (κ3) is 46.4. The third-order valence-corrected chi connectivity index (χ3v) is 9.94. The van der Waals surface area contributed by atoms with Crippen LogP contribution in [0, 0.1) is 0 Å². The molecule has 0 aromatic rings. The molecule has 11 heteroatoms. The van der Waals surface area contributed by atoms with Gasteiger partial charge in [0.2, 0.25) is 0 Å². The molecule has 0 aliphatic carbocycles. The van der Waals surface area contributed by atoms with Gasteiger partial charge < -0.3 is 39.5 Å². The van der Waals surface area contributed by atoms with Crippen molar-refractivity contribution in [2.24, 2.45) is 5.73 Å². The van der Waals surface area contributed by atoms with Crippen LogP contribution < -0.4 is 11.1 Å². The van der Waals surface area contributed by atoms with Crippen LogP contribution in [0.4, 0.5) is 4.79 Å². The van der Waals surface area contributed by atoms with Crippen molar-refractivity contribution in [3.05, 3.63) is 24.3 Å². The Morgan fingerprint density at radius 3 is 1.24 bits per heavy atom. The summed E-state index contributed by atoms with van der Waals surface area (Å²) in [5.74, 6) is -0.698. The molecule has 0 aromatic carbocycles. The second-order valence-corrected chi connectivity index (χ2v) is 15.6. The van der Waals surface area contributed by atoms with Crippen LogP contribution in [0.15, 0.2) is 24.3 Å². The normalized spacial score (nSPS) is 11.6. The molecule has 0 saturated carbocycles. The molecule has 346 valence electrons. The average molecular weight is 839 g/mol. The van der Waals surface area contributed by atoms with E-state index in [-0.39, 0.29) is 38.3 Å². The number of esters is 2. The molecular weight excluding hydrogens is 749 g/mol. The number of alkyl carbamates (subject to hydrolysis) is 1. The summed E-state index contributed by atoms with van der Waals surface area (Å²) in [4.78, 5) is 37.6. The summed E-state index contributed by atoms with van der Waals surface area (Å²) in [6.45, 7) is 7.32. The van der Waals surface area contributed by atoms with Crippen LogP contribution >= 0.6 is 0 Å². The first kappa shape index (κ1) is 56.5. The Bertz CT molecular complexity index is 922. The molecule has 0 fully saturated rings. The Hall–Kier alpha value is -2.47. The second kappa shape index (κ2) is 48.2. The van der Waals surface area contributed by atoms with Crippen molar-refractivity contribution in [3.63, 3.8) is 0 Å². The van der Waals surface area contributed by atoms with Gasteiger partial charge in [-0.15, -0.1) is 0 Å². The van der Waals surface area contributed by atoms with E-state index in [2.05, 4.69) is 43.5 Å². The van der Waals surface area contributed by atoms with E-state index in [1.165, 1.54) is 103 Å². The summed E-state index contributed by atoms with van der Waals surface area (Å²) in [6, 6.07) is 0. The lowest BCUT2D eigenvalue weighted by Crippen LogP contribution is -2.36. The van der Waals surface area contributed by atoms with Crippen molar-refractivity contribution in [1.82, 2.24) is 5.32 Å². The summed E-state index contributed by atoms with van der Waals surface area (Å²) >= 11 is 0. The maximum Gasteiger partial charge on any atom is 0.407 e. The van der Waals surface area contributed by atoms with Gasteiger partial charge in [0.05, 0.1) is 39.6 Å². The SMILES string of the molecule is CCCCCCCC/C=C\CCCCCCCC(=O)OCC(COC(=O)CCCCCCC/C=C\CCCCCCCC)OC(=O)NCCOCCOCCOCCN. The number of carbonyl (C=O) groups is 3. The van der Waals surface area contributed by atoms with Crippen LogP contribution in [0.3, 0.4) is 0 Å². The molecule has 1 amide bonds. The highest BCUT2D eigenvalue weighted by Crippen LogP contribution is 2.13. The molecule has 0 rings (SSSR count). The smallest absolute Gasteiger partial charge is 0.407 e. The minimum atomic E-state index is -0.915. The summed E-state index contributed by atoms with van der Waals surface area (Å²) < 4.78 is 32.5. The fraction of sp³-hybridized carbons (Fsp3) is 0.854. The van der Waals surface area contributed by atoms with Crippen LogP contribution in [0.1, 0.15) is 194 Å².